The Labute approximate surface area is 218 Å². The number of aliphatic carboxylic acids is 1. The lowest BCUT2D eigenvalue weighted by Gasteiger charge is -2.60. The van der Waals surface area contributed by atoms with Gasteiger partial charge in [-0.3, -0.25) is 24.0 Å². The van der Waals surface area contributed by atoms with Crippen LogP contribution in [0.1, 0.15) is 87.0 Å². The van der Waals surface area contributed by atoms with Crippen molar-refractivity contribution >= 4 is 29.1 Å². The van der Waals surface area contributed by atoms with E-state index >= 15 is 0 Å². The highest BCUT2D eigenvalue weighted by molar-refractivity contribution is 6.06. The number of aliphatic hydroxyl groups excluding tert-OH is 1. The van der Waals surface area contributed by atoms with E-state index in [-0.39, 0.29) is 54.2 Å². The minimum atomic E-state index is -1.08. The maximum Gasteiger partial charge on any atom is 0.306 e. The predicted octanol–water partition coefficient (Wildman–Crippen LogP) is 4.26. The highest BCUT2D eigenvalue weighted by Crippen LogP contribution is 2.70. The molecule has 0 aromatic carbocycles. The Morgan fingerprint density at radius 2 is 1.70 bits per heavy atom. The lowest BCUT2D eigenvalue weighted by molar-refractivity contribution is -0.146. The van der Waals surface area contributed by atoms with E-state index < -0.39 is 39.7 Å². The van der Waals surface area contributed by atoms with E-state index in [2.05, 4.69) is 0 Å². The summed E-state index contributed by atoms with van der Waals surface area (Å²) in [6, 6.07) is 0. The predicted molar refractivity (Wildman–Crippen MR) is 136 cm³/mol. The summed E-state index contributed by atoms with van der Waals surface area (Å²) in [5.41, 5.74) is -1.43. The summed E-state index contributed by atoms with van der Waals surface area (Å²) in [6.07, 6.45) is 1.78. The first-order valence-corrected chi connectivity index (χ1v) is 13.4. The molecule has 7 atom stereocenters. The van der Waals surface area contributed by atoms with Gasteiger partial charge in [0.05, 0.1) is 17.4 Å². The second-order valence-electron chi connectivity index (χ2n) is 13.3. The molecule has 0 aromatic heterocycles. The number of fused-ring (bicyclic) bond motifs is 4. The van der Waals surface area contributed by atoms with Crippen molar-refractivity contribution in [3.8, 4) is 0 Å². The number of hydrogen-bond acceptors (Lipinski definition) is 6. The molecule has 0 heterocycles. The average molecular weight is 513 g/mol. The third-order valence-corrected chi connectivity index (χ3v) is 10.9. The van der Waals surface area contributed by atoms with Crippen LogP contribution < -0.4 is 0 Å². The minimum Gasteiger partial charge on any atom is -0.481 e. The molecule has 2 fully saturated rings. The quantitative estimate of drug-likeness (QED) is 0.527. The Hall–Kier alpha value is -2.41. The molecule has 0 radical (unpaired) electrons. The number of carbonyl (C=O) groups excluding carboxylic acids is 4. The van der Waals surface area contributed by atoms with E-state index in [0.29, 0.717) is 36.0 Å². The van der Waals surface area contributed by atoms with E-state index in [1.54, 1.807) is 6.92 Å². The Morgan fingerprint density at radius 3 is 2.30 bits per heavy atom. The van der Waals surface area contributed by atoms with E-state index in [9.17, 15) is 29.1 Å². The lowest BCUT2D eigenvalue weighted by atomic mass is 9.42. The van der Waals surface area contributed by atoms with E-state index in [1.807, 2.05) is 34.6 Å². The van der Waals surface area contributed by atoms with Gasteiger partial charge < -0.3 is 10.2 Å². The van der Waals surface area contributed by atoms with Gasteiger partial charge in [0.2, 0.25) is 0 Å². The van der Waals surface area contributed by atoms with Gasteiger partial charge in [-0.15, -0.1) is 0 Å². The van der Waals surface area contributed by atoms with E-state index in [1.165, 1.54) is 13.0 Å². The Kier molecular flexibility index (Phi) is 6.38. The molecule has 4 aliphatic rings. The molecule has 2 saturated carbocycles. The molecule has 0 bridgehead atoms. The first-order chi connectivity index (χ1) is 16.9. The van der Waals surface area contributed by atoms with Gasteiger partial charge >= 0.3 is 5.97 Å². The Morgan fingerprint density at radius 1 is 1.08 bits per heavy atom. The first kappa shape index (κ1) is 27.6. The molecule has 0 aromatic rings. The fraction of sp³-hybridized carbons (Fsp3) is 0.700. The number of carbonyl (C=O) groups is 5. The fourth-order valence-electron chi connectivity index (χ4n) is 8.51. The van der Waals surface area contributed by atoms with Crippen LogP contribution in [0.15, 0.2) is 22.8 Å². The molecule has 7 nitrogen and oxygen atoms in total. The number of rotatable bonds is 5. The van der Waals surface area contributed by atoms with Gasteiger partial charge in [-0.25, -0.2) is 0 Å². The molecular weight excluding hydrogens is 472 g/mol. The fourth-order valence-corrected chi connectivity index (χ4v) is 8.51. The van der Waals surface area contributed by atoms with Gasteiger partial charge in [0, 0.05) is 42.1 Å². The molecule has 37 heavy (non-hydrogen) atoms. The summed E-state index contributed by atoms with van der Waals surface area (Å²) >= 11 is 0. The number of Topliss-reactive ketones (excluding diaryl/α,β-unsaturated/α-hetero) is 3. The smallest absolute Gasteiger partial charge is 0.306 e. The third-order valence-electron chi connectivity index (χ3n) is 10.9. The number of ketones is 4. The molecule has 4 aliphatic carbocycles. The van der Waals surface area contributed by atoms with Gasteiger partial charge in [0.1, 0.15) is 11.6 Å². The summed E-state index contributed by atoms with van der Waals surface area (Å²) in [5.74, 6) is -2.74. The average Bonchev–Trinajstić information content (AvgIpc) is 2.99. The molecule has 0 aliphatic heterocycles. The van der Waals surface area contributed by atoms with Gasteiger partial charge in [0.25, 0.3) is 0 Å². The van der Waals surface area contributed by atoms with Crippen LogP contribution in [0.2, 0.25) is 0 Å². The van der Waals surface area contributed by atoms with Crippen LogP contribution in [0.25, 0.3) is 0 Å². The zero-order chi connectivity index (χ0) is 27.9. The van der Waals surface area contributed by atoms with Crippen molar-refractivity contribution in [3.05, 3.63) is 22.8 Å². The molecule has 202 valence electrons. The Balaban J connectivity index is 1.81. The summed E-state index contributed by atoms with van der Waals surface area (Å²) in [6.45, 7) is 12.9. The Bertz CT molecular complexity index is 1170. The highest BCUT2D eigenvalue weighted by atomic mass is 16.4. The van der Waals surface area contributed by atoms with E-state index in [4.69, 9.17) is 5.11 Å². The number of aliphatic hydroxyl groups is 1. The van der Waals surface area contributed by atoms with Gasteiger partial charge in [-0.05, 0) is 55.6 Å². The standard InChI is InChI=1S/C30H40O7/c1-15(10-17(31)11-16(2)26(36)37)18-12-23(35)30(7)25-19(32)13-21-27(3,4)22(34)8-9-28(21,5)24(25)20(33)14-29(18,30)6/h10,16,18-19,21,32H,8-9,11-14H2,1-7H3,(H,36,37)/t16?,18-,19+,21+,28+,29-,30+/m1/s1. The van der Waals surface area contributed by atoms with Crippen molar-refractivity contribution in [3.63, 3.8) is 0 Å². The summed E-state index contributed by atoms with van der Waals surface area (Å²) in [5, 5.41) is 20.7. The molecule has 7 heteroatoms. The molecule has 4 rings (SSSR count). The largest absolute Gasteiger partial charge is 0.481 e. The van der Waals surface area contributed by atoms with Crippen molar-refractivity contribution in [1.29, 1.82) is 0 Å². The van der Waals surface area contributed by atoms with Gasteiger partial charge in [0.15, 0.2) is 11.6 Å². The third kappa shape index (κ3) is 3.67. The van der Waals surface area contributed by atoms with Crippen LogP contribution in [-0.4, -0.2) is 45.4 Å². The summed E-state index contributed by atoms with van der Waals surface area (Å²) < 4.78 is 0. The number of hydrogen-bond donors (Lipinski definition) is 2. The molecule has 1 unspecified atom stereocenters. The number of carboxylic acid groups (broad SMARTS) is 1. The molecule has 0 spiro atoms. The van der Waals surface area contributed by atoms with Crippen LogP contribution in [-0.2, 0) is 24.0 Å². The first-order valence-electron chi connectivity index (χ1n) is 13.4. The number of carboxylic acids is 1. The normalized spacial score (nSPS) is 40.2. The van der Waals surface area contributed by atoms with Crippen LogP contribution in [0.5, 0.6) is 0 Å². The zero-order valence-electron chi connectivity index (χ0n) is 23.1. The van der Waals surface area contributed by atoms with Crippen molar-refractivity contribution in [2.45, 2.75) is 93.1 Å². The maximum atomic E-state index is 14.0. The lowest BCUT2D eigenvalue weighted by Crippen LogP contribution is -2.59. The van der Waals surface area contributed by atoms with E-state index in [0.717, 1.165) is 0 Å². The monoisotopic (exact) mass is 512 g/mol. The molecule has 0 amide bonds. The van der Waals surface area contributed by atoms with Crippen LogP contribution in [0, 0.1) is 39.4 Å². The van der Waals surface area contributed by atoms with Crippen molar-refractivity contribution < 1.29 is 34.2 Å². The summed E-state index contributed by atoms with van der Waals surface area (Å²) in [4.78, 5) is 64.5. The van der Waals surface area contributed by atoms with Crippen LogP contribution >= 0.6 is 0 Å². The van der Waals surface area contributed by atoms with Gasteiger partial charge in [-0.2, -0.15) is 0 Å². The van der Waals surface area contributed by atoms with Crippen molar-refractivity contribution in [1.82, 2.24) is 0 Å². The maximum absolute atomic E-state index is 14.0. The minimum absolute atomic E-state index is 0.0497. The second-order valence-corrected chi connectivity index (χ2v) is 13.3. The van der Waals surface area contributed by atoms with Gasteiger partial charge in [-0.1, -0.05) is 40.2 Å². The molecule has 2 N–H and O–H groups in total. The highest BCUT2D eigenvalue weighted by Gasteiger charge is 2.70. The van der Waals surface area contributed by atoms with Crippen LogP contribution in [0.3, 0.4) is 0 Å². The SMILES string of the molecule is CC(=CC(=O)CC(C)C(=O)O)[C@H]1CC(=O)[C@@]2(C)C3=C(C(=O)C[C@]12C)[C@@]1(C)CCC(=O)C(C)(C)[C@@H]1C[C@@H]3O. The second kappa shape index (κ2) is 8.55. The van der Waals surface area contributed by atoms with Crippen LogP contribution in [0.4, 0.5) is 0 Å². The van der Waals surface area contributed by atoms with Crippen molar-refractivity contribution in [2.75, 3.05) is 0 Å². The molecular formula is C30H40O7. The molecule has 0 saturated heterocycles. The number of allylic oxidation sites excluding steroid dienone is 3. The summed E-state index contributed by atoms with van der Waals surface area (Å²) in [7, 11) is 0. The van der Waals surface area contributed by atoms with Crippen molar-refractivity contribution in [2.24, 2.45) is 39.4 Å². The zero-order valence-corrected chi connectivity index (χ0v) is 23.1. The topological polar surface area (TPSA) is 126 Å².